The van der Waals surface area contributed by atoms with Gasteiger partial charge in [-0.2, -0.15) is 0 Å². The number of carbonyl (C=O) groups is 1. The van der Waals surface area contributed by atoms with Gasteiger partial charge in [0.2, 0.25) is 5.91 Å². The van der Waals surface area contributed by atoms with Crippen LogP contribution in [0, 0.1) is 0 Å². The fraction of sp³-hybridized carbons (Fsp3) is 0.833. The third kappa shape index (κ3) is 3.18. The van der Waals surface area contributed by atoms with Crippen LogP contribution in [0.15, 0.2) is 0 Å². The summed E-state index contributed by atoms with van der Waals surface area (Å²) in [5.41, 5.74) is 4.58. The first kappa shape index (κ1) is 13.2. The van der Waals surface area contributed by atoms with Gasteiger partial charge in [0.05, 0.1) is 0 Å². The molecular weight excluding hydrogens is 198 g/mol. The number of primary amides is 1. The van der Waals surface area contributed by atoms with Crippen LogP contribution in [0.4, 0.5) is 0 Å². The fourth-order valence-electron chi connectivity index (χ4n) is 0.733. The quantitative estimate of drug-likeness (QED) is 0.224. The maximum atomic E-state index is 10.3. The van der Waals surface area contributed by atoms with Gasteiger partial charge in [-0.15, -0.1) is 0 Å². The van der Waals surface area contributed by atoms with Gasteiger partial charge in [-0.3, -0.25) is 4.79 Å². The molecule has 1 amide bonds. The van der Waals surface area contributed by atoms with E-state index < -0.39 is 36.6 Å². The maximum absolute atomic E-state index is 10.3. The number of amides is 1. The molecule has 8 heteroatoms. The van der Waals surface area contributed by atoms with Crippen LogP contribution >= 0.6 is 0 Å². The molecule has 0 aromatic carbocycles. The molecule has 0 heterocycles. The van der Waals surface area contributed by atoms with Crippen LogP contribution < -0.4 is 5.73 Å². The van der Waals surface area contributed by atoms with Gasteiger partial charge in [0.1, 0.15) is 18.3 Å². The zero-order valence-electron chi connectivity index (χ0n) is 7.06. The zero-order valence-corrected chi connectivity index (χ0v) is 7.06. The zero-order chi connectivity index (χ0) is 11.5. The lowest BCUT2D eigenvalue weighted by Crippen LogP contribution is -2.52. The SMILES string of the molecule is NC(=O)[C@@H](O)[C@@H](O)[C@H](O)[C@@H](O)C(O)O. The van der Waals surface area contributed by atoms with Crippen LogP contribution in [-0.2, 0) is 4.79 Å². The van der Waals surface area contributed by atoms with Crippen LogP contribution in [0.2, 0.25) is 0 Å². The third-order valence-corrected chi connectivity index (χ3v) is 1.62. The maximum Gasteiger partial charge on any atom is 0.249 e. The molecule has 8 nitrogen and oxygen atoms in total. The van der Waals surface area contributed by atoms with E-state index in [2.05, 4.69) is 5.73 Å². The van der Waals surface area contributed by atoms with Crippen molar-refractivity contribution in [1.29, 1.82) is 0 Å². The van der Waals surface area contributed by atoms with E-state index in [1.165, 1.54) is 0 Å². The van der Waals surface area contributed by atoms with Gasteiger partial charge < -0.3 is 36.4 Å². The molecule has 4 atom stereocenters. The van der Waals surface area contributed by atoms with Gasteiger partial charge in [0.15, 0.2) is 12.4 Å². The first-order chi connectivity index (χ1) is 6.29. The normalized spacial score (nSPS) is 20.2. The lowest BCUT2D eigenvalue weighted by Gasteiger charge is -2.25. The van der Waals surface area contributed by atoms with Gasteiger partial charge in [-0.05, 0) is 0 Å². The molecule has 0 rings (SSSR count). The molecule has 0 spiro atoms. The number of aliphatic hydroxyl groups is 6. The van der Waals surface area contributed by atoms with Crippen LogP contribution in [0.3, 0.4) is 0 Å². The topological polar surface area (TPSA) is 164 Å². The number of hydrogen-bond acceptors (Lipinski definition) is 7. The van der Waals surface area contributed by atoms with E-state index in [1.54, 1.807) is 0 Å². The third-order valence-electron chi connectivity index (χ3n) is 1.62. The minimum atomic E-state index is -2.31. The van der Waals surface area contributed by atoms with E-state index in [9.17, 15) is 4.79 Å². The molecular formula is C6H13NO7. The second kappa shape index (κ2) is 5.20. The number of nitrogens with two attached hydrogens (primary N) is 1. The van der Waals surface area contributed by atoms with E-state index in [0.717, 1.165) is 0 Å². The summed E-state index contributed by atoms with van der Waals surface area (Å²) in [4.78, 5) is 10.3. The molecule has 0 bridgehead atoms. The van der Waals surface area contributed by atoms with Gasteiger partial charge in [0.25, 0.3) is 0 Å². The molecule has 8 N–H and O–H groups in total. The number of rotatable bonds is 5. The summed E-state index contributed by atoms with van der Waals surface area (Å²) < 4.78 is 0. The highest BCUT2D eigenvalue weighted by Gasteiger charge is 2.35. The van der Waals surface area contributed by atoms with E-state index >= 15 is 0 Å². The Kier molecular flexibility index (Phi) is 4.91. The summed E-state index contributed by atoms with van der Waals surface area (Å²) in [6, 6.07) is 0. The Morgan fingerprint density at radius 3 is 1.57 bits per heavy atom. The lowest BCUT2D eigenvalue weighted by atomic mass is 10.0. The molecule has 0 aromatic rings. The molecule has 84 valence electrons. The van der Waals surface area contributed by atoms with Crippen molar-refractivity contribution in [3.8, 4) is 0 Å². The summed E-state index contributed by atoms with van der Waals surface area (Å²) in [5.74, 6) is -1.31. The molecule has 0 aliphatic carbocycles. The Bertz CT molecular complexity index is 197. The highest BCUT2D eigenvalue weighted by atomic mass is 16.5. The highest BCUT2D eigenvalue weighted by Crippen LogP contribution is 2.06. The summed E-state index contributed by atoms with van der Waals surface area (Å²) in [6.07, 6.45) is -10.7. The molecule has 0 radical (unpaired) electrons. The fourth-order valence-corrected chi connectivity index (χ4v) is 0.733. The van der Waals surface area contributed by atoms with Crippen molar-refractivity contribution < 1.29 is 35.4 Å². The molecule has 0 aliphatic heterocycles. The standard InChI is InChI=1S/C6H13NO7/c7-5(12)3(10)1(8)2(9)4(11)6(13)14/h1-4,6,8-11,13-14H,(H2,7,12)/t1-,2-,3-,4+/m0/s1. The summed E-state index contributed by atoms with van der Waals surface area (Å²) >= 11 is 0. The molecule has 0 saturated carbocycles. The van der Waals surface area contributed by atoms with Crippen LogP contribution in [0.5, 0.6) is 0 Å². The Balaban J connectivity index is 4.37. The Hall–Kier alpha value is -0.770. The summed E-state index contributed by atoms with van der Waals surface area (Å²) in [7, 11) is 0. The number of hydrogen-bond donors (Lipinski definition) is 7. The van der Waals surface area contributed by atoms with Crippen molar-refractivity contribution in [2.24, 2.45) is 5.73 Å². The molecule has 0 saturated heterocycles. The number of carbonyl (C=O) groups excluding carboxylic acids is 1. The van der Waals surface area contributed by atoms with Crippen LogP contribution in [0.1, 0.15) is 0 Å². The van der Waals surface area contributed by atoms with E-state index in [0.29, 0.717) is 0 Å². The Morgan fingerprint density at radius 1 is 0.857 bits per heavy atom. The Labute approximate surface area is 78.8 Å². The first-order valence-corrected chi connectivity index (χ1v) is 3.66. The van der Waals surface area contributed by atoms with Crippen molar-refractivity contribution >= 4 is 5.91 Å². The molecule has 14 heavy (non-hydrogen) atoms. The van der Waals surface area contributed by atoms with Gasteiger partial charge >= 0.3 is 0 Å². The molecule has 0 fully saturated rings. The van der Waals surface area contributed by atoms with Gasteiger partial charge in [-0.25, -0.2) is 0 Å². The predicted molar refractivity (Wildman–Crippen MR) is 41.4 cm³/mol. The minimum Gasteiger partial charge on any atom is -0.387 e. The summed E-state index contributed by atoms with van der Waals surface area (Å²) in [5, 5.41) is 52.4. The minimum absolute atomic E-state index is 1.31. The van der Waals surface area contributed by atoms with Crippen molar-refractivity contribution in [1.82, 2.24) is 0 Å². The van der Waals surface area contributed by atoms with Crippen molar-refractivity contribution in [3.63, 3.8) is 0 Å². The average Bonchev–Trinajstić information content (AvgIpc) is 2.12. The predicted octanol–water partition coefficient (Wildman–Crippen LogP) is -4.77. The lowest BCUT2D eigenvalue weighted by molar-refractivity contribution is -0.189. The van der Waals surface area contributed by atoms with E-state index in [1.807, 2.05) is 0 Å². The van der Waals surface area contributed by atoms with Gasteiger partial charge in [-0.1, -0.05) is 0 Å². The van der Waals surface area contributed by atoms with Gasteiger partial charge in [0, 0.05) is 0 Å². The molecule has 0 unspecified atom stereocenters. The monoisotopic (exact) mass is 211 g/mol. The van der Waals surface area contributed by atoms with E-state index in [4.69, 9.17) is 30.6 Å². The van der Waals surface area contributed by atoms with Crippen molar-refractivity contribution in [3.05, 3.63) is 0 Å². The molecule has 0 aliphatic rings. The van der Waals surface area contributed by atoms with E-state index in [-0.39, 0.29) is 0 Å². The molecule has 0 aromatic heterocycles. The Morgan fingerprint density at radius 2 is 1.29 bits per heavy atom. The second-order valence-electron chi connectivity index (χ2n) is 2.73. The van der Waals surface area contributed by atoms with Crippen LogP contribution in [0.25, 0.3) is 0 Å². The average molecular weight is 211 g/mol. The largest absolute Gasteiger partial charge is 0.387 e. The smallest absolute Gasteiger partial charge is 0.249 e. The summed E-state index contributed by atoms with van der Waals surface area (Å²) in [6.45, 7) is 0. The van der Waals surface area contributed by atoms with Crippen molar-refractivity contribution in [2.45, 2.75) is 30.7 Å². The van der Waals surface area contributed by atoms with Crippen LogP contribution in [-0.4, -0.2) is 67.3 Å². The highest BCUT2D eigenvalue weighted by molar-refractivity contribution is 5.79. The second-order valence-corrected chi connectivity index (χ2v) is 2.73. The van der Waals surface area contributed by atoms with Crippen molar-refractivity contribution in [2.75, 3.05) is 0 Å². The first-order valence-electron chi connectivity index (χ1n) is 3.66. The number of aliphatic hydroxyl groups excluding tert-OH is 5.